The number of allylic oxidation sites excluding steroid dienone is 1. The molecule has 5 nitrogen and oxygen atoms in total. The van der Waals surface area contributed by atoms with Crippen LogP contribution < -0.4 is 20.4 Å². The van der Waals surface area contributed by atoms with Gasteiger partial charge in [0.15, 0.2) is 0 Å². The van der Waals surface area contributed by atoms with Crippen LogP contribution in [0.5, 0.6) is 0 Å². The Balaban J connectivity index is 1.21. The van der Waals surface area contributed by atoms with Crippen LogP contribution in [0.4, 0.5) is 11.4 Å². The number of rotatable bonds is 14. The third-order valence-corrected chi connectivity index (χ3v) is 9.55. The van der Waals surface area contributed by atoms with Crippen LogP contribution in [0, 0.1) is 5.92 Å². The van der Waals surface area contributed by atoms with Crippen LogP contribution in [0.1, 0.15) is 67.6 Å². The van der Waals surface area contributed by atoms with E-state index in [9.17, 15) is 0 Å². The van der Waals surface area contributed by atoms with E-state index < -0.39 is 0 Å². The van der Waals surface area contributed by atoms with Crippen LogP contribution in [0.15, 0.2) is 93.0 Å². The summed E-state index contributed by atoms with van der Waals surface area (Å²) in [5, 5.41) is 6.61. The van der Waals surface area contributed by atoms with E-state index in [2.05, 4.69) is 108 Å². The molecule has 1 aliphatic carbocycles. The molecule has 2 N–H and O–H groups in total. The van der Waals surface area contributed by atoms with Gasteiger partial charge in [0.25, 0.3) is 0 Å². The molecule has 43 heavy (non-hydrogen) atoms. The molecule has 228 valence electrons. The van der Waals surface area contributed by atoms with Crippen LogP contribution >= 0.6 is 0 Å². The number of nitrogens with zero attached hydrogens (tertiary/aromatic N) is 3. The van der Waals surface area contributed by atoms with Crippen molar-refractivity contribution in [2.24, 2.45) is 5.92 Å². The van der Waals surface area contributed by atoms with E-state index in [0.29, 0.717) is 5.92 Å². The molecule has 0 amide bonds. The molecule has 2 aromatic rings. The highest BCUT2D eigenvalue weighted by Crippen LogP contribution is 2.41. The van der Waals surface area contributed by atoms with Crippen LogP contribution in [-0.4, -0.2) is 50.7 Å². The Hall–Kier alpha value is -3.86. The molecule has 3 fully saturated rings. The van der Waals surface area contributed by atoms with Crippen molar-refractivity contribution in [3.8, 4) is 0 Å². The third kappa shape index (κ3) is 7.57. The zero-order valence-electron chi connectivity index (χ0n) is 26.3. The van der Waals surface area contributed by atoms with Crippen molar-refractivity contribution in [1.29, 1.82) is 0 Å². The Morgan fingerprint density at radius 3 is 2.53 bits per heavy atom. The van der Waals surface area contributed by atoms with Gasteiger partial charge in [-0.2, -0.15) is 0 Å². The first-order chi connectivity index (χ1) is 20.9. The molecular weight excluding hydrogens is 526 g/mol. The third-order valence-electron chi connectivity index (χ3n) is 9.55. The van der Waals surface area contributed by atoms with Gasteiger partial charge < -0.3 is 25.3 Å². The van der Waals surface area contributed by atoms with Gasteiger partial charge in [0.05, 0.1) is 6.04 Å². The van der Waals surface area contributed by atoms with Crippen LogP contribution in [-0.2, 0) is 0 Å². The summed E-state index contributed by atoms with van der Waals surface area (Å²) >= 11 is 0. The molecule has 2 aromatic carbocycles. The molecule has 5 heteroatoms. The van der Waals surface area contributed by atoms with E-state index in [4.69, 9.17) is 0 Å². The number of anilines is 2. The van der Waals surface area contributed by atoms with Gasteiger partial charge >= 0.3 is 0 Å². The van der Waals surface area contributed by atoms with E-state index >= 15 is 0 Å². The van der Waals surface area contributed by atoms with Crippen LogP contribution in [0.25, 0.3) is 11.8 Å². The van der Waals surface area contributed by atoms with E-state index in [-0.39, 0.29) is 6.04 Å². The van der Waals surface area contributed by atoms with Gasteiger partial charge in [0, 0.05) is 73.8 Å². The van der Waals surface area contributed by atoms with Gasteiger partial charge in [-0.05, 0) is 98.4 Å². The van der Waals surface area contributed by atoms with E-state index in [0.717, 1.165) is 86.1 Å². The highest BCUT2D eigenvalue weighted by molar-refractivity contribution is 5.75. The summed E-state index contributed by atoms with van der Waals surface area (Å²) in [6.07, 6.45) is 11.9. The summed E-state index contributed by atoms with van der Waals surface area (Å²) in [5.41, 5.74) is 9.46. The van der Waals surface area contributed by atoms with Crippen molar-refractivity contribution in [2.75, 3.05) is 49.6 Å². The Morgan fingerprint density at radius 2 is 1.84 bits per heavy atom. The Bertz CT molecular complexity index is 1330. The average Bonchev–Trinajstić information content (AvgIpc) is 3.88. The molecule has 2 heterocycles. The van der Waals surface area contributed by atoms with Gasteiger partial charge in [-0.3, -0.25) is 0 Å². The van der Waals surface area contributed by atoms with Gasteiger partial charge in [0.2, 0.25) is 0 Å². The lowest BCUT2D eigenvalue weighted by atomic mass is 9.94. The molecular formula is C38H51N5. The SMILES string of the molecule is C=CNCCCN(CC1CCN(c2ccc(C(=C)N(C)C3CCC(=C)NC3=C)c(C=C)c2)CC1)c1cccc(C2CC2)c1. The van der Waals surface area contributed by atoms with Gasteiger partial charge in [-0.15, -0.1) is 0 Å². The highest BCUT2D eigenvalue weighted by atomic mass is 15.2. The lowest BCUT2D eigenvalue weighted by Crippen LogP contribution is -2.40. The standard InChI is InChI=1S/C38H51N5/c1-7-32-25-36(16-17-37(32)30(5)41(6)38-18-13-28(3)40-29(38)4)42-23-19-31(20-24-42)27-43(22-10-21-39-8-2)35-12-9-11-34(26-35)33-14-15-33/h7-9,11-12,16-17,25-26,31,33,38-40H,1-5,10,13-15,18-24,27H2,6H3. The number of hydrogen-bond donors (Lipinski definition) is 2. The smallest absolute Gasteiger partial charge is 0.0686 e. The Labute approximate surface area is 260 Å². The van der Waals surface area contributed by atoms with Crippen molar-refractivity contribution < 1.29 is 0 Å². The zero-order chi connectivity index (χ0) is 30.3. The molecule has 0 spiro atoms. The molecule has 5 rings (SSSR count). The lowest BCUT2D eigenvalue weighted by Gasteiger charge is -2.38. The second-order valence-electron chi connectivity index (χ2n) is 12.6. The van der Waals surface area contributed by atoms with E-state index in [1.165, 1.54) is 42.6 Å². The summed E-state index contributed by atoms with van der Waals surface area (Å²) < 4.78 is 0. The molecule has 2 saturated heterocycles. The van der Waals surface area contributed by atoms with Crippen molar-refractivity contribution >= 4 is 23.1 Å². The first-order valence-electron chi connectivity index (χ1n) is 16.1. The summed E-state index contributed by atoms with van der Waals surface area (Å²) in [5.74, 6) is 1.47. The van der Waals surface area contributed by atoms with Crippen molar-refractivity contribution in [2.45, 2.75) is 56.9 Å². The maximum Gasteiger partial charge on any atom is 0.0686 e. The fraction of sp³-hybridized carbons (Fsp3) is 0.421. The molecule has 3 aliphatic rings. The topological polar surface area (TPSA) is 33.8 Å². The van der Waals surface area contributed by atoms with Gasteiger partial charge in [0.1, 0.15) is 0 Å². The zero-order valence-corrected chi connectivity index (χ0v) is 26.3. The summed E-state index contributed by atoms with van der Waals surface area (Å²) in [6, 6.07) is 16.3. The molecule has 0 aromatic heterocycles. The molecule has 1 unspecified atom stereocenters. The van der Waals surface area contributed by atoms with Crippen molar-refractivity contribution in [3.05, 3.63) is 110 Å². The first-order valence-corrected chi connectivity index (χ1v) is 16.1. The number of nitrogens with one attached hydrogen (secondary N) is 2. The number of likely N-dealkylation sites (N-methyl/N-ethyl adjacent to an activating group) is 1. The minimum Gasteiger partial charge on any atom is -0.391 e. The predicted molar refractivity (Wildman–Crippen MR) is 186 cm³/mol. The Morgan fingerprint density at radius 1 is 1.05 bits per heavy atom. The summed E-state index contributed by atoms with van der Waals surface area (Å²) in [7, 11) is 2.11. The van der Waals surface area contributed by atoms with E-state index in [1.807, 2.05) is 6.08 Å². The minimum atomic E-state index is 0.198. The fourth-order valence-corrected chi connectivity index (χ4v) is 6.72. The monoisotopic (exact) mass is 577 g/mol. The van der Waals surface area contributed by atoms with Gasteiger partial charge in [-0.25, -0.2) is 0 Å². The number of piperidine rings is 2. The largest absolute Gasteiger partial charge is 0.391 e. The number of benzene rings is 2. The van der Waals surface area contributed by atoms with Gasteiger partial charge in [-0.1, -0.05) is 57.2 Å². The molecule has 1 saturated carbocycles. The predicted octanol–water partition coefficient (Wildman–Crippen LogP) is 7.74. The summed E-state index contributed by atoms with van der Waals surface area (Å²) in [6.45, 7) is 26.0. The quantitative estimate of drug-likeness (QED) is 0.225. The second kappa shape index (κ2) is 14.1. The Kier molecular flexibility index (Phi) is 10.0. The fourth-order valence-electron chi connectivity index (χ4n) is 6.72. The highest BCUT2D eigenvalue weighted by Gasteiger charge is 2.27. The lowest BCUT2D eigenvalue weighted by molar-refractivity contribution is 0.341. The van der Waals surface area contributed by atoms with Crippen molar-refractivity contribution in [3.63, 3.8) is 0 Å². The molecule has 0 radical (unpaired) electrons. The maximum atomic E-state index is 4.48. The summed E-state index contributed by atoms with van der Waals surface area (Å²) in [4.78, 5) is 7.43. The normalized spacial score (nSPS) is 19.0. The van der Waals surface area contributed by atoms with Crippen LogP contribution in [0.2, 0.25) is 0 Å². The second-order valence-corrected chi connectivity index (χ2v) is 12.6. The molecule has 0 bridgehead atoms. The molecule has 1 atom stereocenters. The molecule has 2 aliphatic heterocycles. The maximum absolute atomic E-state index is 4.48. The van der Waals surface area contributed by atoms with E-state index in [1.54, 1.807) is 6.20 Å². The first kappa shape index (κ1) is 30.6. The number of hydrogen-bond acceptors (Lipinski definition) is 5. The minimum absolute atomic E-state index is 0.198. The van der Waals surface area contributed by atoms with Crippen molar-refractivity contribution in [1.82, 2.24) is 15.5 Å². The average molecular weight is 578 g/mol. The van der Waals surface area contributed by atoms with Crippen LogP contribution in [0.3, 0.4) is 0 Å².